The van der Waals surface area contributed by atoms with Gasteiger partial charge in [0, 0.05) is 47.9 Å². The molecule has 6 nitrogen and oxygen atoms in total. The fourth-order valence-corrected chi connectivity index (χ4v) is 8.57. The number of hydrogen-bond acceptors (Lipinski definition) is 5. The molecule has 4 aliphatic rings. The van der Waals surface area contributed by atoms with Crippen molar-refractivity contribution < 1.29 is 14.3 Å². The molecular formula is C31H39N3O3. The molecule has 2 N–H and O–H groups in total. The molecule has 2 heterocycles. The van der Waals surface area contributed by atoms with Gasteiger partial charge in [-0.2, -0.15) is 0 Å². The van der Waals surface area contributed by atoms with Crippen molar-refractivity contribution in [1.29, 1.82) is 0 Å². The molecule has 1 aliphatic heterocycles. The molecule has 2 saturated carbocycles. The normalized spacial score (nSPS) is 37.2. The van der Waals surface area contributed by atoms with E-state index in [0.717, 1.165) is 48.9 Å². The van der Waals surface area contributed by atoms with Crippen molar-refractivity contribution in [2.45, 2.75) is 77.0 Å². The van der Waals surface area contributed by atoms with E-state index in [1.165, 1.54) is 5.69 Å². The lowest BCUT2D eigenvalue weighted by Gasteiger charge is -2.54. The van der Waals surface area contributed by atoms with E-state index in [-0.39, 0.29) is 23.2 Å². The Labute approximate surface area is 219 Å². The third kappa shape index (κ3) is 3.95. The van der Waals surface area contributed by atoms with Gasteiger partial charge < -0.3 is 15.0 Å². The van der Waals surface area contributed by atoms with Crippen molar-refractivity contribution in [3.63, 3.8) is 0 Å². The molecule has 3 aliphatic carbocycles. The highest BCUT2D eigenvalue weighted by Gasteiger charge is 2.64. The summed E-state index contributed by atoms with van der Waals surface area (Å²) in [7, 11) is 1.79. The fraction of sp³-hybridized carbons (Fsp3) is 0.581. The van der Waals surface area contributed by atoms with Crippen LogP contribution in [-0.2, 0) is 9.53 Å². The summed E-state index contributed by atoms with van der Waals surface area (Å²) in [4.78, 5) is 33.2. The van der Waals surface area contributed by atoms with Crippen LogP contribution in [0.15, 0.2) is 42.7 Å². The fourth-order valence-electron chi connectivity index (χ4n) is 8.57. The Bertz CT molecular complexity index is 1220. The number of carbonyl (C=O) groups excluding carboxylic acids is 2. The maximum atomic E-state index is 13.3. The molecule has 0 amide bonds. The first-order valence-corrected chi connectivity index (χ1v) is 13.9. The molecule has 2 aromatic rings. The zero-order valence-electron chi connectivity index (χ0n) is 22.4. The second kappa shape index (κ2) is 9.32. The number of nitrogens with one attached hydrogen (secondary N) is 2. The van der Waals surface area contributed by atoms with Crippen LogP contribution in [0.3, 0.4) is 0 Å². The highest BCUT2D eigenvalue weighted by molar-refractivity contribution is 5.94. The van der Waals surface area contributed by atoms with Gasteiger partial charge in [-0.1, -0.05) is 37.3 Å². The molecule has 0 spiro atoms. The zero-order chi connectivity index (χ0) is 25.9. The molecule has 9 unspecified atom stereocenters. The molecule has 196 valence electrons. The van der Waals surface area contributed by atoms with Gasteiger partial charge in [-0.15, -0.1) is 0 Å². The predicted octanol–water partition coefficient (Wildman–Crippen LogP) is 5.33. The van der Waals surface area contributed by atoms with Crippen LogP contribution >= 0.6 is 0 Å². The number of carbonyl (C=O) groups is 2. The molecule has 3 fully saturated rings. The van der Waals surface area contributed by atoms with Gasteiger partial charge in [0.05, 0.1) is 18.1 Å². The third-order valence-electron chi connectivity index (χ3n) is 10.5. The summed E-state index contributed by atoms with van der Waals surface area (Å²) in [6, 6.07) is 8.68. The van der Waals surface area contributed by atoms with Gasteiger partial charge in [0.15, 0.2) is 11.6 Å². The number of nitrogens with zero attached hydrogens (tertiary/aromatic N) is 1. The summed E-state index contributed by atoms with van der Waals surface area (Å²) in [5, 5.41) is 4.09. The van der Waals surface area contributed by atoms with E-state index in [0.29, 0.717) is 41.5 Å². The minimum Gasteiger partial charge on any atom is -0.382 e. The van der Waals surface area contributed by atoms with Crippen molar-refractivity contribution in [3.8, 4) is 11.3 Å². The average Bonchev–Trinajstić information content (AvgIpc) is 3.59. The summed E-state index contributed by atoms with van der Waals surface area (Å²) >= 11 is 0. The van der Waals surface area contributed by atoms with Crippen LogP contribution < -0.4 is 5.32 Å². The van der Waals surface area contributed by atoms with Crippen LogP contribution in [0.5, 0.6) is 0 Å². The highest BCUT2D eigenvalue weighted by Crippen LogP contribution is 2.63. The third-order valence-corrected chi connectivity index (χ3v) is 10.5. The van der Waals surface area contributed by atoms with Gasteiger partial charge in [-0.25, -0.2) is 4.98 Å². The van der Waals surface area contributed by atoms with Gasteiger partial charge in [0.1, 0.15) is 0 Å². The molecule has 9 atom stereocenters. The second-order valence-electron chi connectivity index (χ2n) is 12.2. The van der Waals surface area contributed by atoms with Gasteiger partial charge in [0.25, 0.3) is 0 Å². The van der Waals surface area contributed by atoms with Crippen LogP contribution in [0.25, 0.3) is 11.3 Å². The first-order chi connectivity index (χ1) is 17.8. The van der Waals surface area contributed by atoms with Crippen molar-refractivity contribution in [2.24, 2.45) is 29.1 Å². The SMILES string of the molecule is COC(C)CC1C2C(=O)C=CCC2CC2NC3CC(c4[nH]cnc4-c4ccc(C(C)=O)cc4)CC3C21C. The molecule has 6 rings (SSSR count). The van der Waals surface area contributed by atoms with Crippen LogP contribution in [0, 0.1) is 29.1 Å². The summed E-state index contributed by atoms with van der Waals surface area (Å²) in [6.45, 7) is 6.22. The zero-order valence-corrected chi connectivity index (χ0v) is 22.4. The van der Waals surface area contributed by atoms with E-state index in [4.69, 9.17) is 9.72 Å². The number of aromatic nitrogens is 2. The number of allylic oxidation sites excluding steroid dienone is 2. The minimum absolute atomic E-state index is 0.0531. The number of benzene rings is 1. The van der Waals surface area contributed by atoms with Crippen molar-refractivity contribution in [3.05, 3.63) is 54.0 Å². The smallest absolute Gasteiger partial charge is 0.159 e. The largest absolute Gasteiger partial charge is 0.382 e. The number of ether oxygens (including phenoxy) is 1. The summed E-state index contributed by atoms with van der Waals surface area (Å²) in [6.07, 6.45) is 11.1. The lowest BCUT2D eigenvalue weighted by molar-refractivity contribution is -0.132. The van der Waals surface area contributed by atoms with Crippen LogP contribution in [-0.4, -0.2) is 46.8 Å². The Morgan fingerprint density at radius 1 is 1.22 bits per heavy atom. The molecule has 0 bridgehead atoms. The summed E-state index contributed by atoms with van der Waals surface area (Å²) in [5.74, 6) is 2.13. The summed E-state index contributed by atoms with van der Waals surface area (Å²) < 4.78 is 5.76. The minimum atomic E-state index is 0.0531. The second-order valence-corrected chi connectivity index (χ2v) is 12.2. The number of hydrogen-bond donors (Lipinski definition) is 2. The van der Waals surface area contributed by atoms with E-state index in [9.17, 15) is 9.59 Å². The Morgan fingerprint density at radius 3 is 2.73 bits per heavy atom. The molecular weight excluding hydrogens is 462 g/mol. The number of methoxy groups -OCH3 is 1. The Kier molecular flexibility index (Phi) is 6.23. The number of fused-ring (bicyclic) bond motifs is 4. The molecule has 37 heavy (non-hydrogen) atoms. The molecule has 0 radical (unpaired) electrons. The topological polar surface area (TPSA) is 84.1 Å². The van der Waals surface area contributed by atoms with Crippen molar-refractivity contribution in [2.75, 3.05) is 7.11 Å². The van der Waals surface area contributed by atoms with E-state index in [1.807, 2.05) is 30.3 Å². The van der Waals surface area contributed by atoms with E-state index >= 15 is 0 Å². The van der Waals surface area contributed by atoms with Gasteiger partial charge in [-0.05, 0) is 75.2 Å². The lowest BCUT2D eigenvalue weighted by Crippen LogP contribution is -2.56. The number of Topliss-reactive ketones (excluding diaryl/α,β-unsaturated/α-hetero) is 1. The van der Waals surface area contributed by atoms with Crippen LogP contribution in [0.2, 0.25) is 0 Å². The van der Waals surface area contributed by atoms with E-state index in [1.54, 1.807) is 20.4 Å². The molecule has 1 saturated heterocycles. The number of rotatable bonds is 6. The van der Waals surface area contributed by atoms with Crippen molar-refractivity contribution >= 4 is 11.6 Å². The monoisotopic (exact) mass is 501 g/mol. The first kappa shape index (κ1) is 24.7. The number of imidazole rings is 1. The predicted molar refractivity (Wildman–Crippen MR) is 143 cm³/mol. The van der Waals surface area contributed by atoms with Crippen LogP contribution in [0.1, 0.15) is 74.8 Å². The number of aromatic amines is 1. The van der Waals surface area contributed by atoms with Gasteiger partial charge in [-0.3, -0.25) is 9.59 Å². The standard InChI is InChI=1S/C31H39N3O3/c1-17(37-4)12-24-28-21(6-5-7-26(28)36)15-27-31(24,3)23-13-22(14-25(23)34-27)30-29(32-16-33-30)20-10-8-19(9-11-20)18(2)35/h5,7-11,16-17,21-25,27-28,34H,6,12-15H2,1-4H3,(H,32,33). The number of H-pyrrole nitrogens is 1. The van der Waals surface area contributed by atoms with E-state index in [2.05, 4.69) is 30.2 Å². The first-order valence-electron chi connectivity index (χ1n) is 13.9. The van der Waals surface area contributed by atoms with Gasteiger partial charge >= 0.3 is 0 Å². The molecule has 6 heteroatoms. The maximum Gasteiger partial charge on any atom is 0.159 e. The lowest BCUT2D eigenvalue weighted by atomic mass is 9.50. The molecule has 1 aromatic heterocycles. The van der Waals surface area contributed by atoms with Crippen LogP contribution in [0.4, 0.5) is 0 Å². The summed E-state index contributed by atoms with van der Waals surface area (Å²) in [5.41, 5.74) is 4.00. The average molecular weight is 502 g/mol. The Morgan fingerprint density at radius 2 is 2.00 bits per heavy atom. The Balaban J connectivity index is 1.30. The molecule has 1 aromatic carbocycles. The number of ketones is 2. The highest BCUT2D eigenvalue weighted by atomic mass is 16.5. The maximum absolute atomic E-state index is 13.3. The van der Waals surface area contributed by atoms with Gasteiger partial charge in [0.2, 0.25) is 0 Å². The quantitative estimate of drug-likeness (QED) is 0.523. The van der Waals surface area contributed by atoms with E-state index < -0.39 is 0 Å². The Hall–Kier alpha value is -2.57. The van der Waals surface area contributed by atoms with Crippen molar-refractivity contribution in [1.82, 2.24) is 15.3 Å².